The Morgan fingerprint density at radius 3 is 2.47 bits per heavy atom. The van der Waals surface area contributed by atoms with Gasteiger partial charge in [0.25, 0.3) is 10.0 Å². The van der Waals surface area contributed by atoms with Gasteiger partial charge in [-0.05, 0) is 55.5 Å². The number of pyridine rings is 1. The molecule has 0 bridgehead atoms. The van der Waals surface area contributed by atoms with E-state index in [2.05, 4.69) is 20.3 Å². The van der Waals surface area contributed by atoms with Gasteiger partial charge >= 0.3 is 0 Å². The van der Waals surface area contributed by atoms with Gasteiger partial charge in [-0.25, -0.2) is 27.3 Å². The van der Waals surface area contributed by atoms with Gasteiger partial charge in [0, 0.05) is 17.8 Å². The molecule has 5 rings (SSSR count). The number of aliphatic hydroxyl groups excluding tert-OH is 1. The molecule has 2 N–H and O–H groups in total. The Morgan fingerprint density at radius 1 is 1.00 bits per heavy atom. The van der Waals surface area contributed by atoms with E-state index in [0.717, 1.165) is 29.7 Å². The maximum absolute atomic E-state index is 13.4. The zero-order valence-corrected chi connectivity index (χ0v) is 20.2. The lowest BCUT2D eigenvalue weighted by molar-refractivity contribution is 0.126. The number of anilines is 1. The maximum Gasteiger partial charge on any atom is 0.269 e. The van der Waals surface area contributed by atoms with E-state index in [0.29, 0.717) is 22.5 Å². The summed E-state index contributed by atoms with van der Waals surface area (Å²) in [6, 6.07) is 11.7. The van der Waals surface area contributed by atoms with Crippen LogP contribution in [0.25, 0.3) is 22.3 Å². The fraction of sp³-hybridized carbons (Fsp3) is 0.261. The van der Waals surface area contributed by atoms with Crippen LogP contribution in [-0.2, 0) is 10.0 Å². The lowest BCUT2D eigenvalue weighted by Crippen LogP contribution is -2.28. The molecule has 34 heavy (non-hydrogen) atoms. The Labute approximate surface area is 206 Å². The number of hydrogen-bond acceptors (Lipinski definition) is 7. The monoisotopic (exact) mass is 517 g/mol. The van der Waals surface area contributed by atoms with Crippen molar-refractivity contribution in [1.82, 2.24) is 18.9 Å². The molecule has 3 heterocycles. The first-order valence-corrected chi connectivity index (χ1v) is 13.0. The average molecular weight is 518 g/mol. The van der Waals surface area contributed by atoms with Crippen molar-refractivity contribution in [2.24, 2.45) is 0 Å². The summed E-state index contributed by atoms with van der Waals surface area (Å²) in [7, 11) is -3.93. The number of nitrogens with zero attached hydrogens (tertiary/aromatic N) is 4. The van der Waals surface area contributed by atoms with Crippen LogP contribution in [0.15, 0.2) is 59.8 Å². The van der Waals surface area contributed by atoms with E-state index in [1.807, 2.05) is 0 Å². The summed E-state index contributed by atoms with van der Waals surface area (Å²) in [5.74, 6) is 0.561. The minimum atomic E-state index is -3.93. The van der Waals surface area contributed by atoms with Gasteiger partial charge < -0.3 is 10.4 Å². The quantitative estimate of drug-likeness (QED) is 0.367. The molecule has 4 aromatic rings. The van der Waals surface area contributed by atoms with Crippen molar-refractivity contribution in [2.45, 2.75) is 42.7 Å². The number of halogens is 2. The molecule has 0 saturated heterocycles. The van der Waals surface area contributed by atoms with Crippen LogP contribution in [0.4, 0.5) is 5.82 Å². The molecule has 11 heteroatoms. The molecule has 0 aliphatic heterocycles. The largest absolute Gasteiger partial charge is 0.393 e. The number of hydrogen-bond donors (Lipinski definition) is 2. The second kappa shape index (κ2) is 9.14. The molecule has 1 saturated carbocycles. The molecule has 176 valence electrons. The van der Waals surface area contributed by atoms with E-state index in [9.17, 15) is 13.5 Å². The third-order valence-corrected chi connectivity index (χ3v) is 7.93. The molecule has 0 amide bonds. The SMILES string of the molecule is O=S(=O)(c1ccccc1)n1cc(-c2cc(Cl)nc(NC3CCC(O)CC3)c2)c2nc(Cl)cnc21. The minimum Gasteiger partial charge on any atom is -0.393 e. The van der Waals surface area contributed by atoms with Crippen LogP contribution < -0.4 is 5.32 Å². The summed E-state index contributed by atoms with van der Waals surface area (Å²) < 4.78 is 27.9. The highest BCUT2D eigenvalue weighted by Crippen LogP contribution is 2.34. The molecule has 1 aliphatic rings. The van der Waals surface area contributed by atoms with Crippen molar-refractivity contribution in [3.05, 3.63) is 65.2 Å². The average Bonchev–Trinajstić information content (AvgIpc) is 3.20. The highest BCUT2D eigenvalue weighted by atomic mass is 35.5. The Balaban J connectivity index is 1.61. The van der Waals surface area contributed by atoms with Crippen molar-refractivity contribution in [3.63, 3.8) is 0 Å². The highest BCUT2D eigenvalue weighted by Gasteiger charge is 2.25. The number of fused-ring (bicyclic) bond motifs is 1. The van der Waals surface area contributed by atoms with Gasteiger partial charge in [-0.2, -0.15) is 0 Å². The predicted molar refractivity (Wildman–Crippen MR) is 132 cm³/mol. The van der Waals surface area contributed by atoms with E-state index in [4.69, 9.17) is 23.2 Å². The Hall–Kier alpha value is -2.72. The Bertz CT molecular complexity index is 1450. The first kappa shape index (κ1) is 23.0. The molecule has 8 nitrogen and oxygen atoms in total. The summed E-state index contributed by atoms with van der Waals surface area (Å²) in [5, 5.41) is 13.5. The zero-order chi connectivity index (χ0) is 23.9. The molecule has 0 unspecified atom stereocenters. The summed E-state index contributed by atoms with van der Waals surface area (Å²) in [6.45, 7) is 0. The fourth-order valence-electron chi connectivity index (χ4n) is 4.20. The predicted octanol–water partition coefficient (Wildman–Crippen LogP) is 4.75. The van der Waals surface area contributed by atoms with Crippen LogP contribution in [-0.4, -0.2) is 44.6 Å². The number of aliphatic hydroxyl groups is 1. The lowest BCUT2D eigenvalue weighted by Gasteiger charge is -2.26. The fourth-order valence-corrected chi connectivity index (χ4v) is 5.87. The normalized spacial score (nSPS) is 18.8. The van der Waals surface area contributed by atoms with Crippen molar-refractivity contribution in [3.8, 4) is 11.1 Å². The highest BCUT2D eigenvalue weighted by molar-refractivity contribution is 7.90. The van der Waals surface area contributed by atoms with Gasteiger partial charge in [-0.15, -0.1) is 0 Å². The minimum absolute atomic E-state index is 0.129. The van der Waals surface area contributed by atoms with Crippen molar-refractivity contribution < 1.29 is 13.5 Å². The summed E-state index contributed by atoms with van der Waals surface area (Å²) >= 11 is 12.5. The summed E-state index contributed by atoms with van der Waals surface area (Å²) in [4.78, 5) is 13.1. The van der Waals surface area contributed by atoms with Gasteiger partial charge in [0.1, 0.15) is 21.6 Å². The van der Waals surface area contributed by atoms with Crippen molar-refractivity contribution in [2.75, 3.05) is 5.32 Å². The molecule has 1 aromatic carbocycles. The number of rotatable bonds is 5. The van der Waals surface area contributed by atoms with E-state index in [1.54, 1.807) is 30.3 Å². The summed E-state index contributed by atoms with van der Waals surface area (Å²) in [6.07, 6.45) is 5.63. The number of nitrogens with one attached hydrogen (secondary N) is 1. The second-order valence-corrected chi connectivity index (χ2v) is 10.8. The molecule has 3 aromatic heterocycles. The Morgan fingerprint density at radius 2 is 1.74 bits per heavy atom. The molecule has 1 fully saturated rings. The zero-order valence-electron chi connectivity index (χ0n) is 17.9. The third-order valence-electron chi connectivity index (χ3n) is 5.89. The maximum atomic E-state index is 13.4. The third kappa shape index (κ3) is 4.48. The molecule has 1 aliphatic carbocycles. The molecule has 0 radical (unpaired) electrons. The van der Waals surface area contributed by atoms with Crippen LogP contribution in [0.2, 0.25) is 10.3 Å². The topological polar surface area (TPSA) is 110 Å². The van der Waals surface area contributed by atoms with Crippen LogP contribution >= 0.6 is 23.2 Å². The molecule has 0 spiro atoms. The van der Waals surface area contributed by atoms with Gasteiger partial charge in [-0.1, -0.05) is 41.4 Å². The first-order chi connectivity index (χ1) is 16.3. The number of aromatic nitrogens is 4. The van der Waals surface area contributed by atoms with Crippen molar-refractivity contribution in [1.29, 1.82) is 0 Å². The first-order valence-electron chi connectivity index (χ1n) is 10.8. The van der Waals surface area contributed by atoms with Crippen LogP contribution in [0, 0.1) is 0 Å². The standard InChI is InChI=1S/C23H21Cl2N5O3S/c24-19-10-14(11-21(28-19)27-15-6-8-16(31)9-7-15)18-13-30(23-22(18)29-20(25)12-26-23)34(32,33)17-4-2-1-3-5-17/h1-5,10-13,15-16,31H,6-9H2,(H,27,28). The van der Waals surface area contributed by atoms with Gasteiger partial charge in [0.2, 0.25) is 0 Å². The van der Waals surface area contributed by atoms with Crippen LogP contribution in [0.1, 0.15) is 25.7 Å². The lowest BCUT2D eigenvalue weighted by atomic mass is 9.93. The van der Waals surface area contributed by atoms with Crippen LogP contribution in [0.5, 0.6) is 0 Å². The van der Waals surface area contributed by atoms with Gasteiger partial charge in [-0.3, -0.25) is 0 Å². The smallest absolute Gasteiger partial charge is 0.269 e. The van der Waals surface area contributed by atoms with Crippen molar-refractivity contribution >= 4 is 50.2 Å². The van der Waals surface area contributed by atoms with E-state index >= 15 is 0 Å². The Kier molecular flexibility index (Phi) is 6.20. The van der Waals surface area contributed by atoms with Gasteiger partial charge in [0.05, 0.1) is 17.2 Å². The summed E-state index contributed by atoms with van der Waals surface area (Å²) in [5.41, 5.74) is 1.63. The second-order valence-electron chi connectivity index (χ2n) is 8.24. The van der Waals surface area contributed by atoms with Gasteiger partial charge in [0.15, 0.2) is 5.65 Å². The molecule has 0 atom stereocenters. The van der Waals surface area contributed by atoms with E-state index in [-0.39, 0.29) is 33.0 Å². The van der Waals surface area contributed by atoms with Crippen LogP contribution in [0.3, 0.4) is 0 Å². The van der Waals surface area contributed by atoms with E-state index < -0.39 is 10.0 Å². The van der Waals surface area contributed by atoms with E-state index in [1.165, 1.54) is 24.5 Å². The molecular weight excluding hydrogens is 497 g/mol. The number of benzene rings is 1. The molecular formula is C23H21Cl2N5O3S.